The smallest absolute Gasteiger partial charge is 0.245 e. The van der Waals surface area contributed by atoms with Crippen LogP contribution >= 0.6 is 24.8 Å². The zero-order chi connectivity index (χ0) is 19.2. The van der Waals surface area contributed by atoms with Crippen LogP contribution in [-0.2, 0) is 16.1 Å². The molecular formula is C21H28Cl2N4O2. The quantitative estimate of drug-likeness (QED) is 0.644. The second-order valence-electron chi connectivity index (χ2n) is 7.05. The third kappa shape index (κ3) is 7.01. The molecule has 2 unspecified atom stereocenters. The van der Waals surface area contributed by atoms with Crippen LogP contribution < -0.4 is 16.8 Å². The Morgan fingerprint density at radius 1 is 1.07 bits per heavy atom. The molecule has 2 atom stereocenters. The molecule has 8 heteroatoms. The van der Waals surface area contributed by atoms with Crippen LogP contribution in [0, 0.1) is 5.92 Å². The molecule has 1 aliphatic rings. The number of rotatable bonds is 6. The molecule has 6 nitrogen and oxygen atoms in total. The molecule has 0 bridgehead atoms. The highest BCUT2D eigenvalue weighted by atomic mass is 35.5. The molecule has 0 aromatic heterocycles. The number of benzene rings is 2. The molecule has 2 aromatic carbocycles. The number of piperidine rings is 1. The first-order valence-electron chi connectivity index (χ1n) is 9.25. The highest BCUT2D eigenvalue weighted by molar-refractivity contribution is 5.95. The van der Waals surface area contributed by atoms with E-state index in [2.05, 4.69) is 10.2 Å². The van der Waals surface area contributed by atoms with E-state index < -0.39 is 6.04 Å². The SMILES string of the molecule is Cl.Cl.NC(=O)C1CCCN(Cc2ccc(NC(=O)C(N)c3ccccc3)cc2)C1. The van der Waals surface area contributed by atoms with Crippen molar-refractivity contribution in [2.75, 3.05) is 18.4 Å². The van der Waals surface area contributed by atoms with E-state index in [-0.39, 0.29) is 42.5 Å². The Morgan fingerprint density at radius 3 is 2.34 bits per heavy atom. The van der Waals surface area contributed by atoms with Crippen LogP contribution in [0.3, 0.4) is 0 Å². The van der Waals surface area contributed by atoms with E-state index in [1.165, 1.54) is 0 Å². The second kappa shape index (κ2) is 11.8. The number of carbonyl (C=O) groups excluding carboxylic acids is 2. The van der Waals surface area contributed by atoms with Gasteiger partial charge in [-0.1, -0.05) is 42.5 Å². The predicted molar refractivity (Wildman–Crippen MR) is 120 cm³/mol. The van der Waals surface area contributed by atoms with Crippen molar-refractivity contribution in [3.05, 3.63) is 65.7 Å². The molecule has 0 radical (unpaired) electrons. The monoisotopic (exact) mass is 438 g/mol. The van der Waals surface area contributed by atoms with Crippen molar-refractivity contribution >= 4 is 42.3 Å². The number of nitrogens with one attached hydrogen (secondary N) is 1. The lowest BCUT2D eigenvalue weighted by atomic mass is 9.97. The van der Waals surface area contributed by atoms with E-state index in [4.69, 9.17) is 11.5 Å². The van der Waals surface area contributed by atoms with E-state index in [0.717, 1.165) is 37.1 Å². The van der Waals surface area contributed by atoms with Gasteiger partial charge in [-0.25, -0.2) is 0 Å². The number of hydrogen-bond donors (Lipinski definition) is 3. The van der Waals surface area contributed by atoms with Crippen molar-refractivity contribution in [1.29, 1.82) is 0 Å². The summed E-state index contributed by atoms with van der Waals surface area (Å²) in [6.07, 6.45) is 1.86. The van der Waals surface area contributed by atoms with E-state index >= 15 is 0 Å². The molecule has 1 aliphatic heterocycles. The number of hydrogen-bond acceptors (Lipinski definition) is 4. The minimum Gasteiger partial charge on any atom is -0.369 e. The van der Waals surface area contributed by atoms with Gasteiger partial charge in [-0.05, 0) is 42.6 Å². The number of halogens is 2. The number of primary amides is 1. The number of anilines is 1. The Hall–Kier alpha value is -2.12. The summed E-state index contributed by atoms with van der Waals surface area (Å²) < 4.78 is 0. The average Bonchev–Trinajstić information content (AvgIpc) is 2.69. The summed E-state index contributed by atoms with van der Waals surface area (Å²) in [7, 11) is 0. The van der Waals surface area contributed by atoms with Gasteiger partial charge in [-0.2, -0.15) is 0 Å². The van der Waals surface area contributed by atoms with Crippen molar-refractivity contribution in [2.45, 2.75) is 25.4 Å². The fraction of sp³-hybridized carbons (Fsp3) is 0.333. The summed E-state index contributed by atoms with van der Waals surface area (Å²) in [6, 6.07) is 16.3. The van der Waals surface area contributed by atoms with Crippen molar-refractivity contribution in [1.82, 2.24) is 4.90 Å². The molecule has 5 N–H and O–H groups in total. The zero-order valence-electron chi connectivity index (χ0n) is 16.1. The van der Waals surface area contributed by atoms with Gasteiger partial charge in [0.25, 0.3) is 0 Å². The first-order chi connectivity index (χ1) is 13.0. The van der Waals surface area contributed by atoms with E-state index in [0.29, 0.717) is 12.2 Å². The number of amides is 2. The Kier molecular flexibility index (Phi) is 10.1. The van der Waals surface area contributed by atoms with Gasteiger partial charge in [-0.3, -0.25) is 14.5 Å². The third-order valence-electron chi connectivity index (χ3n) is 4.98. The summed E-state index contributed by atoms with van der Waals surface area (Å²) in [5.41, 5.74) is 14.1. The highest BCUT2D eigenvalue weighted by Crippen LogP contribution is 2.20. The van der Waals surface area contributed by atoms with Gasteiger partial charge in [0, 0.05) is 18.8 Å². The van der Waals surface area contributed by atoms with Crippen LogP contribution in [0.2, 0.25) is 0 Å². The molecule has 29 heavy (non-hydrogen) atoms. The largest absolute Gasteiger partial charge is 0.369 e. The Bertz CT molecular complexity index is 787. The number of nitrogens with zero attached hydrogens (tertiary/aromatic N) is 1. The number of likely N-dealkylation sites (tertiary alicyclic amines) is 1. The maximum atomic E-state index is 12.3. The van der Waals surface area contributed by atoms with Gasteiger partial charge in [-0.15, -0.1) is 24.8 Å². The molecule has 3 rings (SSSR count). The fourth-order valence-corrected chi connectivity index (χ4v) is 3.41. The van der Waals surface area contributed by atoms with Crippen molar-refractivity contribution in [3.8, 4) is 0 Å². The third-order valence-corrected chi connectivity index (χ3v) is 4.98. The highest BCUT2D eigenvalue weighted by Gasteiger charge is 2.23. The fourth-order valence-electron chi connectivity index (χ4n) is 3.41. The summed E-state index contributed by atoms with van der Waals surface area (Å²) in [4.78, 5) is 26.0. The van der Waals surface area contributed by atoms with Crippen LogP contribution in [-0.4, -0.2) is 29.8 Å². The van der Waals surface area contributed by atoms with Crippen molar-refractivity contribution in [2.24, 2.45) is 17.4 Å². The van der Waals surface area contributed by atoms with Crippen molar-refractivity contribution < 1.29 is 9.59 Å². The topological polar surface area (TPSA) is 101 Å². The van der Waals surface area contributed by atoms with Crippen LogP contribution in [0.4, 0.5) is 5.69 Å². The molecule has 0 spiro atoms. The van der Waals surface area contributed by atoms with Crippen LogP contribution in [0.5, 0.6) is 0 Å². The van der Waals surface area contributed by atoms with Gasteiger partial charge < -0.3 is 16.8 Å². The van der Waals surface area contributed by atoms with E-state index in [1.807, 2.05) is 54.6 Å². The first-order valence-corrected chi connectivity index (χ1v) is 9.25. The maximum absolute atomic E-state index is 12.3. The first kappa shape index (κ1) is 24.9. The molecular weight excluding hydrogens is 411 g/mol. The van der Waals surface area contributed by atoms with Crippen LogP contribution in [0.1, 0.15) is 30.0 Å². The minimum absolute atomic E-state index is 0. The predicted octanol–water partition coefficient (Wildman–Crippen LogP) is 2.87. The Labute approximate surface area is 183 Å². The average molecular weight is 439 g/mol. The lowest BCUT2D eigenvalue weighted by Gasteiger charge is -2.31. The molecule has 2 aromatic rings. The van der Waals surface area contributed by atoms with Crippen molar-refractivity contribution in [3.63, 3.8) is 0 Å². The molecule has 0 saturated carbocycles. The standard InChI is InChI=1S/C21H26N4O2.2ClH/c22-19(16-5-2-1-3-6-16)21(27)24-18-10-8-15(9-11-18)13-25-12-4-7-17(14-25)20(23)26;;/h1-3,5-6,8-11,17,19H,4,7,12-14,22H2,(H2,23,26)(H,24,27);2*1H. The maximum Gasteiger partial charge on any atom is 0.245 e. The van der Waals surface area contributed by atoms with Gasteiger partial charge in [0.05, 0.1) is 5.92 Å². The molecule has 1 heterocycles. The number of nitrogens with two attached hydrogens (primary N) is 2. The molecule has 1 saturated heterocycles. The second-order valence-corrected chi connectivity index (χ2v) is 7.05. The summed E-state index contributed by atoms with van der Waals surface area (Å²) in [6.45, 7) is 2.44. The lowest BCUT2D eigenvalue weighted by Crippen LogP contribution is -2.40. The summed E-state index contributed by atoms with van der Waals surface area (Å²) >= 11 is 0. The van der Waals surface area contributed by atoms with Gasteiger partial charge >= 0.3 is 0 Å². The summed E-state index contributed by atoms with van der Waals surface area (Å²) in [5, 5.41) is 2.85. The van der Waals surface area contributed by atoms with Gasteiger partial charge in [0.15, 0.2) is 0 Å². The Balaban J connectivity index is 0.00000210. The van der Waals surface area contributed by atoms with Gasteiger partial charge in [0.2, 0.25) is 11.8 Å². The van der Waals surface area contributed by atoms with E-state index in [9.17, 15) is 9.59 Å². The van der Waals surface area contributed by atoms with Crippen LogP contribution in [0.15, 0.2) is 54.6 Å². The molecule has 2 amide bonds. The van der Waals surface area contributed by atoms with E-state index in [1.54, 1.807) is 0 Å². The Morgan fingerprint density at radius 2 is 1.72 bits per heavy atom. The zero-order valence-corrected chi connectivity index (χ0v) is 17.8. The minimum atomic E-state index is -0.704. The molecule has 158 valence electrons. The number of carbonyl (C=O) groups is 2. The molecule has 1 fully saturated rings. The van der Waals surface area contributed by atoms with Crippen LogP contribution in [0.25, 0.3) is 0 Å². The summed E-state index contributed by atoms with van der Waals surface area (Å²) in [5.74, 6) is -0.515. The van der Waals surface area contributed by atoms with Gasteiger partial charge in [0.1, 0.15) is 6.04 Å². The normalized spacial score (nSPS) is 17.3. The lowest BCUT2D eigenvalue weighted by molar-refractivity contribution is -0.123. The molecule has 0 aliphatic carbocycles.